The third-order valence-corrected chi connectivity index (χ3v) is 3.56. The minimum absolute atomic E-state index is 0.220. The second-order valence-corrected chi connectivity index (χ2v) is 5.79. The summed E-state index contributed by atoms with van der Waals surface area (Å²) < 4.78 is 5.61. The van der Waals surface area contributed by atoms with Crippen LogP contribution in [0.4, 0.5) is 0 Å². The molecule has 2 N–H and O–H groups in total. The summed E-state index contributed by atoms with van der Waals surface area (Å²) in [5, 5.41) is 0. The van der Waals surface area contributed by atoms with Crippen LogP contribution in [0, 0.1) is 5.41 Å². The Hall–Kier alpha value is -0.120. The Labute approximate surface area is 100 Å². The van der Waals surface area contributed by atoms with Crippen LogP contribution in [0.2, 0.25) is 0 Å². The van der Waals surface area contributed by atoms with Crippen molar-refractivity contribution in [2.24, 2.45) is 11.1 Å². The third kappa shape index (κ3) is 4.04. The van der Waals surface area contributed by atoms with E-state index in [0.29, 0.717) is 12.1 Å². The highest BCUT2D eigenvalue weighted by molar-refractivity contribution is 4.82. The molecule has 0 radical (unpaired) electrons. The third-order valence-electron chi connectivity index (χ3n) is 3.56. The van der Waals surface area contributed by atoms with E-state index in [1.165, 1.54) is 6.42 Å². The number of nitrogens with zero attached hydrogens (tertiary/aromatic N) is 1. The van der Waals surface area contributed by atoms with Crippen LogP contribution in [0.15, 0.2) is 0 Å². The van der Waals surface area contributed by atoms with Gasteiger partial charge in [0.05, 0.1) is 6.10 Å². The predicted molar refractivity (Wildman–Crippen MR) is 68.5 cm³/mol. The average Bonchev–Trinajstić information content (AvgIpc) is 2.26. The van der Waals surface area contributed by atoms with Crippen LogP contribution >= 0.6 is 0 Å². The molecule has 0 aromatic heterocycles. The lowest BCUT2D eigenvalue weighted by Crippen LogP contribution is -2.47. The van der Waals surface area contributed by atoms with E-state index < -0.39 is 0 Å². The van der Waals surface area contributed by atoms with Crippen molar-refractivity contribution in [1.82, 2.24) is 4.90 Å². The highest BCUT2D eigenvalue weighted by Crippen LogP contribution is 2.23. The summed E-state index contributed by atoms with van der Waals surface area (Å²) in [5.41, 5.74) is 6.03. The Bertz CT molecular complexity index is 206. The Kier molecular flexibility index (Phi) is 5.22. The largest absolute Gasteiger partial charge is 0.378 e. The van der Waals surface area contributed by atoms with Crippen molar-refractivity contribution in [1.29, 1.82) is 0 Å². The van der Waals surface area contributed by atoms with Crippen LogP contribution in [0.1, 0.15) is 40.5 Å². The van der Waals surface area contributed by atoms with Gasteiger partial charge < -0.3 is 10.5 Å². The normalized spacial score (nSPS) is 27.4. The van der Waals surface area contributed by atoms with Crippen molar-refractivity contribution < 1.29 is 4.74 Å². The van der Waals surface area contributed by atoms with Crippen molar-refractivity contribution in [3.63, 3.8) is 0 Å². The van der Waals surface area contributed by atoms with Gasteiger partial charge in [-0.05, 0) is 38.3 Å². The molecule has 1 heterocycles. The first kappa shape index (κ1) is 13.9. The van der Waals surface area contributed by atoms with Gasteiger partial charge in [-0.2, -0.15) is 0 Å². The molecule has 2 atom stereocenters. The fraction of sp³-hybridized carbons (Fsp3) is 1.00. The highest BCUT2D eigenvalue weighted by Gasteiger charge is 2.28. The van der Waals surface area contributed by atoms with Crippen LogP contribution < -0.4 is 5.73 Å². The van der Waals surface area contributed by atoms with Crippen molar-refractivity contribution in [2.45, 2.75) is 52.7 Å². The van der Waals surface area contributed by atoms with Gasteiger partial charge in [0.1, 0.15) is 0 Å². The lowest BCUT2D eigenvalue weighted by atomic mass is 9.91. The number of hydrogen-bond donors (Lipinski definition) is 1. The molecule has 16 heavy (non-hydrogen) atoms. The molecular formula is C13H28N2O. The molecule has 0 aromatic rings. The van der Waals surface area contributed by atoms with E-state index in [4.69, 9.17) is 10.5 Å². The Morgan fingerprint density at radius 2 is 2.12 bits per heavy atom. The van der Waals surface area contributed by atoms with Crippen molar-refractivity contribution >= 4 is 0 Å². The minimum atomic E-state index is 0.220. The average molecular weight is 228 g/mol. The van der Waals surface area contributed by atoms with Gasteiger partial charge in [0.25, 0.3) is 0 Å². The van der Waals surface area contributed by atoms with E-state index in [0.717, 1.165) is 32.7 Å². The molecule has 3 heteroatoms. The number of rotatable bonds is 5. The fourth-order valence-corrected chi connectivity index (χ4v) is 2.42. The summed E-state index contributed by atoms with van der Waals surface area (Å²) in [7, 11) is 0. The summed E-state index contributed by atoms with van der Waals surface area (Å²) in [5.74, 6) is 0. The minimum Gasteiger partial charge on any atom is -0.378 e. The van der Waals surface area contributed by atoms with Crippen molar-refractivity contribution in [2.75, 3.05) is 26.2 Å². The van der Waals surface area contributed by atoms with Gasteiger partial charge in [-0.25, -0.2) is 0 Å². The molecule has 0 saturated carbocycles. The first-order chi connectivity index (χ1) is 7.48. The molecule has 3 nitrogen and oxygen atoms in total. The van der Waals surface area contributed by atoms with Crippen LogP contribution in [-0.4, -0.2) is 43.3 Å². The van der Waals surface area contributed by atoms with Gasteiger partial charge in [-0.15, -0.1) is 0 Å². The molecule has 96 valence electrons. The maximum absolute atomic E-state index is 5.81. The predicted octanol–water partition coefficient (Wildman–Crippen LogP) is 1.86. The molecule has 0 aromatic carbocycles. The van der Waals surface area contributed by atoms with E-state index >= 15 is 0 Å². The molecule has 2 unspecified atom stereocenters. The molecule has 1 aliphatic heterocycles. The molecule has 1 saturated heterocycles. The Morgan fingerprint density at radius 1 is 1.44 bits per heavy atom. The Balaban J connectivity index is 2.52. The zero-order chi connectivity index (χ0) is 12.2. The Morgan fingerprint density at radius 3 is 2.62 bits per heavy atom. The number of nitrogens with two attached hydrogens (primary N) is 1. The van der Waals surface area contributed by atoms with Crippen LogP contribution in [0.3, 0.4) is 0 Å². The molecule has 1 fully saturated rings. The van der Waals surface area contributed by atoms with E-state index in [1.807, 2.05) is 0 Å². The summed E-state index contributed by atoms with van der Waals surface area (Å²) in [6.45, 7) is 12.8. The topological polar surface area (TPSA) is 38.5 Å². The van der Waals surface area contributed by atoms with Gasteiger partial charge >= 0.3 is 0 Å². The van der Waals surface area contributed by atoms with E-state index in [1.54, 1.807) is 0 Å². The first-order valence-corrected chi connectivity index (χ1v) is 6.54. The van der Waals surface area contributed by atoms with Gasteiger partial charge in [-0.3, -0.25) is 4.90 Å². The maximum Gasteiger partial charge on any atom is 0.0561 e. The van der Waals surface area contributed by atoms with Gasteiger partial charge in [0.15, 0.2) is 0 Å². The van der Waals surface area contributed by atoms with E-state index in [9.17, 15) is 0 Å². The number of hydrogen-bond acceptors (Lipinski definition) is 3. The zero-order valence-electron chi connectivity index (χ0n) is 11.3. The molecule has 0 spiro atoms. The van der Waals surface area contributed by atoms with E-state index in [-0.39, 0.29) is 5.41 Å². The lowest BCUT2D eigenvalue weighted by molar-refractivity contribution is -0.0231. The van der Waals surface area contributed by atoms with Gasteiger partial charge in [0, 0.05) is 19.2 Å². The molecular weight excluding hydrogens is 200 g/mol. The molecule has 1 aliphatic rings. The second-order valence-electron chi connectivity index (χ2n) is 5.79. The number of ether oxygens (including phenoxy) is 1. The SMILES string of the molecule is CCN(CC(C)(C)CN)C1CCOC(C)C1. The molecule has 0 aliphatic carbocycles. The standard InChI is InChI=1S/C13H28N2O/c1-5-15(10-13(3,4)9-14)12-6-7-16-11(2)8-12/h11-12H,5-10,14H2,1-4H3. The van der Waals surface area contributed by atoms with Crippen LogP contribution in [-0.2, 0) is 4.74 Å². The fourth-order valence-electron chi connectivity index (χ4n) is 2.42. The quantitative estimate of drug-likeness (QED) is 0.780. The maximum atomic E-state index is 5.81. The van der Waals surface area contributed by atoms with E-state index in [2.05, 4.69) is 32.6 Å². The molecule has 0 bridgehead atoms. The monoisotopic (exact) mass is 228 g/mol. The molecule has 1 rings (SSSR count). The molecule has 0 amide bonds. The second kappa shape index (κ2) is 5.99. The smallest absolute Gasteiger partial charge is 0.0561 e. The summed E-state index contributed by atoms with van der Waals surface area (Å²) >= 11 is 0. The van der Waals surface area contributed by atoms with Crippen LogP contribution in [0.25, 0.3) is 0 Å². The summed E-state index contributed by atoms with van der Waals surface area (Å²) in [6.07, 6.45) is 2.74. The zero-order valence-corrected chi connectivity index (χ0v) is 11.3. The van der Waals surface area contributed by atoms with Crippen LogP contribution in [0.5, 0.6) is 0 Å². The summed E-state index contributed by atoms with van der Waals surface area (Å²) in [6, 6.07) is 0.680. The van der Waals surface area contributed by atoms with Crippen molar-refractivity contribution in [3.8, 4) is 0 Å². The lowest BCUT2D eigenvalue weighted by Gasteiger charge is -2.40. The summed E-state index contributed by atoms with van der Waals surface area (Å²) in [4.78, 5) is 2.58. The highest BCUT2D eigenvalue weighted by atomic mass is 16.5. The van der Waals surface area contributed by atoms with Crippen molar-refractivity contribution in [3.05, 3.63) is 0 Å². The van der Waals surface area contributed by atoms with Gasteiger partial charge in [-0.1, -0.05) is 20.8 Å². The first-order valence-electron chi connectivity index (χ1n) is 6.54. The van der Waals surface area contributed by atoms with Gasteiger partial charge in [0.2, 0.25) is 0 Å².